The molecule has 2 aromatic heterocycles. The third-order valence-electron chi connectivity index (χ3n) is 5.48. The smallest absolute Gasteiger partial charge is 0.368 e. The van der Waals surface area contributed by atoms with E-state index in [4.69, 9.17) is 5.73 Å². The maximum absolute atomic E-state index is 12.9. The maximum Gasteiger partial charge on any atom is 0.417 e. The second-order valence-corrected chi connectivity index (χ2v) is 7.57. The summed E-state index contributed by atoms with van der Waals surface area (Å²) in [6.07, 6.45) is -1.03. The molecule has 7 nitrogen and oxygen atoms in total. The molecule has 148 valence electrons. The van der Waals surface area contributed by atoms with Crippen molar-refractivity contribution < 1.29 is 18.0 Å². The first kappa shape index (κ1) is 18.6. The predicted octanol–water partition coefficient (Wildman–Crippen LogP) is 1.64. The second-order valence-electron chi connectivity index (χ2n) is 7.57. The van der Waals surface area contributed by atoms with Crippen LogP contribution in [0.5, 0.6) is 0 Å². The Bertz CT molecular complexity index is 912. The molecule has 0 aromatic carbocycles. The van der Waals surface area contributed by atoms with Crippen molar-refractivity contribution in [2.75, 3.05) is 39.0 Å². The molecule has 1 atom stereocenters. The van der Waals surface area contributed by atoms with Gasteiger partial charge in [-0.1, -0.05) is 0 Å². The quantitative estimate of drug-likeness (QED) is 0.836. The lowest BCUT2D eigenvalue weighted by molar-refractivity contribution is -0.137. The van der Waals surface area contributed by atoms with Gasteiger partial charge in [0.2, 0.25) is 5.95 Å². The molecule has 4 rings (SSSR count). The number of rotatable bonds is 2. The molecule has 0 bridgehead atoms. The summed E-state index contributed by atoms with van der Waals surface area (Å²) in [5.74, 6) is -0.171. The Morgan fingerprint density at radius 3 is 2.71 bits per heavy atom. The third-order valence-corrected chi connectivity index (χ3v) is 5.48. The van der Waals surface area contributed by atoms with Crippen LogP contribution in [0.1, 0.15) is 27.5 Å². The number of aromatic nitrogens is 3. The molecule has 2 fully saturated rings. The van der Waals surface area contributed by atoms with Crippen LogP contribution in [0.3, 0.4) is 0 Å². The van der Waals surface area contributed by atoms with Crippen molar-refractivity contribution in [3.63, 3.8) is 0 Å². The fourth-order valence-corrected chi connectivity index (χ4v) is 4.28. The summed E-state index contributed by atoms with van der Waals surface area (Å²) in [5.41, 5.74) is 5.36. The van der Waals surface area contributed by atoms with Crippen LogP contribution < -0.4 is 5.73 Å². The average Bonchev–Trinajstić information content (AvgIpc) is 2.97. The number of amides is 1. The van der Waals surface area contributed by atoms with Crippen LogP contribution in [0, 0.1) is 5.41 Å². The topological polar surface area (TPSA) is 88.2 Å². The van der Waals surface area contributed by atoms with E-state index in [-0.39, 0.29) is 22.8 Å². The van der Waals surface area contributed by atoms with Crippen molar-refractivity contribution in [2.45, 2.75) is 12.1 Å². The lowest BCUT2D eigenvalue weighted by atomic mass is 9.70. The van der Waals surface area contributed by atoms with E-state index >= 15 is 0 Å². The van der Waals surface area contributed by atoms with Gasteiger partial charge in [0.25, 0.3) is 5.91 Å². The minimum Gasteiger partial charge on any atom is -0.368 e. The van der Waals surface area contributed by atoms with E-state index in [0.29, 0.717) is 13.1 Å². The Balaban J connectivity index is 1.53. The molecule has 0 saturated carbocycles. The summed E-state index contributed by atoms with van der Waals surface area (Å²) in [7, 11) is 1.99. The lowest BCUT2D eigenvalue weighted by Crippen LogP contribution is -2.61. The first-order valence-electron chi connectivity index (χ1n) is 8.76. The zero-order valence-corrected chi connectivity index (χ0v) is 15.1. The van der Waals surface area contributed by atoms with Crippen molar-refractivity contribution in [3.8, 4) is 0 Å². The molecule has 0 radical (unpaired) electrons. The number of anilines is 1. The van der Waals surface area contributed by atoms with Gasteiger partial charge >= 0.3 is 6.18 Å². The Morgan fingerprint density at radius 1 is 1.29 bits per heavy atom. The van der Waals surface area contributed by atoms with E-state index in [1.165, 1.54) is 6.20 Å². The number of likely N-dealkylation sites (N-methyl/N-ethyl adjacent to an activating group) is 1. The van der Waals surface area contributed by atoms with Gasteiger partial charge in [-0.3, -0.25) is 9.78 Å². The van der Waals surface area contributed by atoms with Crippen LogP contribution in [0.2, 0.25) is 0 Å². The number of nitrogen functional groups attached to an aromatic ring is 1. The van der Waals surface area contributed by atoms with Crippen LogP contribution in [-0.2, 0) is 6.18 Å². The van der Waals surface area contributed by atoms with Crippen molar-refractivity contribution in [2.24, 2.45) is 5.41 Å². The Kier molecular flexibility index (Phi) is 4.25. The molecule has 2 saturated heterocycles. The lowest BCUT2D eigenvalue weighted by Gasteiger charge is -2.51. The molecule has 2 aliphatic rings. The molecule has 1 amide bonds. The molecule has 28 heavy (non-hydrogen) atoms. The standard InChI is InChI=1S/C18H19F3N6O/c1-26-7-13(14-2-3-24-16(22)25-14)17(8-26)9-27(10-17)15(28)11-4-12(6-23-5-11)18(19,20)21/h2-6,13H,7-10H2,1H3,(H2,22,24,25). The number of pyridine rings is 1. The molecule has 1 spiro atoms. The van der Waals surface area contributed by atoms with Gasteiger partial charge in [-0.2, -0.15) is 13.2 Å². The molecule has 1 unspecified atom stereocenters. The third kappa shape index (κ3) is 3.17. The van der Waals surface area contributed by atoms with Crippen LogP contribution in [0.15, 0.2) is 30.7 Å². The average molecular weight is 392 g/mol. The molecule has 2 N–H and O–H groups in total. The summed E-state index contributed by atoms with van der Waals surface area (Å²) >= 11 is 0. The van der Waals surface area contributed by atoms with E-state index in [9.17, 15) is 18.0 Å². The molecule has 2 aliphatic heterocycles. The normalized spacial score (nSPS) is 21.7. The minimum atomic E-state index is -4.54. The number of hydrogen-bond donors (Lipinski definition) is 1. The minimum absolute atomic E-state index is 0.0566. The Hall–Kier alpha value is -2.75. The Morgan fingerprint density at radius 2 is 2.04 bits per heavy atom. The first-order chi connectivity index (χ1) is 13.2. The molecule has 4 heterocycles. The fourth-order valence-electron chi connectivity index (χ4n) is 4.28. The fraction of sp³-hybridized carbons (Fsp3) is 0.444. The monoisotopic (exact) mass is 392 g/mol. The molecule has 0 aliphatic carbocycles. The SMILES string of the molecule is CN1CC(c2ccnc(N)n2)C2(C1)CN(C(=O)c1cncc(C(F)(F)F)c1)C2. The molecule has 10 heteroatoms. The van der Waals surface area contributed by atoms with Gasteiger partial charge in [0.05, 0.1) is 16.8 Å². The summed E-state index contributed by atoms with van der Waals surface area (Å²) in [5, 5.41) is 0. The Labute approximate surface area is 159 Å². The van der Waals surface area contributed by atoms with Gasteiger partial charge in [0, 0.05) is 56.1 Å². The van der Waals surface area contributed by atoms with Crippen molar-refractivity contribution >= 4 is 11.9 Å². The van der Waals surface area contributed by atoms with Gasteiger partial charge < -0.3 is 15.5 Å². The number of carbonyl (C=O) groups is 1. The van der Waals surface area contributed by atoms with Crippen molar-refractivity contribution in [1.29, 1.82) is 0 Å². The number of likely N-dealkylation sites (tertiary alicyclic amines) is 2. The van der Waals surface area contributed by atoms with Gasteiger partial charge in [0.15, 0.2) is 0 Å². The van der Waals surface area contributed by atoms with Gasteiger partial charge in [-0.05, 0) is 19.2 Å². The van der Waals surface area contributed by atoms with Crippen LogP contribution in [0.4, 0.5) is 19.1 Å². The number of alkyl halides is 3. The highest BCUT2D eigenvalue weighted by atomic mass is 19.4. The molecular formula is C18H19F3N6O. The number of carbonyl (C=O) groups excluding carboxylic acids is 1. The number of nitrogens with zero attached hydrogens (tertiary/aromatic N) is 5. The number of halogens is 3. The van der Waals surface area contributed by atoms with Crippen LogP contribution >= 0.6 is 0 Å². The zero-order chi connectivity index (χ0) is 20.1. The predicted molar refractivity (Wildman–Crippen MR) is 94.3 cm³/mol. The highest BCUT2D eigenvalue weighted by molar-refractivity contribution is 5.94. The molecular weight excluding hydrogens is 373 g/mol. The van der Waals surface area contributed by atoms with E-state index in [1.807, 2.05) is 13.1 Å². The second kappa shape index (κ2) is 6.40. The zero-order valence-electron chi connectivity index (χ0n) is 15.1. The highest BCUT2D eigenvalue weighted by Crippen LogP contribution is 2.48. The maximum atomic E-state index is 12.9. The van der Waals surface area contributed by atoms with Gasteiger partial charge in [0.1, 0.15) is 0 Å². The highest BCUT2D eigenvalue weighted by Gasteiger charge is 2.55. The van der Waals surface area contributed by atoms with Crippen LogP contribution in [-0.4, -0.2) is 63.9 Å². The summed E-state index contributed by atoms with van der Waals surface area (Å²) in [6.45, 7) is 2.43. The summed E-state index contributed by atoms with van der Waals surface area (Å²) < 4.78 is 38.7. The number of hydrogen-bond acceptors (Lipinski definition) is 6. The first-order valence-corrected chi connectivity index (χ1v) is 8.76. The van der Waals surface area contributed by atoms with E-state index in [0.717, 1.165) is 31.0 Å². The van der Waals surface area contributed by atoms with Crippen LogP contribution in [0.25, 0.3) is 0 Å². The summed E-state index contributed by atoms with van der Waals surface area (Å²) in [6, 6.07) is 2.67. The van der Waals surface area contributed by atoms with Crippen molar-refractivity contribution in [3.05, 3.63) is 47.5 Å². The molecule has 2 aromatic rings. The van der Waals surface area contributed by atoms with E-state index < -0.39 is 17.6 Å². The van der Waals surface area contributed by atoms with Gasteiger partial charge in [-0.15, -0.1) is 0 Å². The number of nitrogens with two attached hydrogens (primary N) is 1. The van der Waals surface area contributed by atoms with Crippen molar-refractivity contribution in [1.82, 2.24) is 24.8 Å². The van der Waals surface area contributed by atoms with E-state index in [1.54, 1.807) is 11.1 Å². The summed E-state index contributed by atoms with van der Waals surface area (Å²) in [4.78, 5) is 28.2. The van der Waals surface area contributed by atoms with E-state index in [2.05, 4.69) is 19.9 Å². The largest absolute Gasteiger partial charge is 0.417 e. The van der Waals surface area contributed by atoms with Gasteiger partial charge in [-0.25, -0.2) is 9.97 Å².